The SMILES string of the molecule is COc1ccc(CNC(=O)c2ccc(C)s2)cc1N. The normalized spacial score (nSPS) is 10.2. The van der Waals surface area contributed by atoms with Crippen molar-refractivity contribution in [1.29, 1.82) is 0 Å². The largest absolute Gasteiger partial charge is 0.495 e. The predicted octanol–water partition coefficient (Wildman–Crippen LogP) is 2.58. The van der Waals surface area contributed by atoms with Crippen LogP contribution < -0.4 is 15.8 Å². The van der Waals surface area contributed by atoms with Crippen molar-refractivity contribution in [2.75, 3.05) is 12.8 Å². The van der Waals surface area contributed by atoms with Crippen molar-refractivity contribution in [1.82, 2.24) is 5.32 Å². The van der Waals surface area contributed by atoms with Crippen molar-refractivity contribution in [3.8, 4) is 5.75 Å². The summed E-state index contributed by atoms with van der Waals surface area (Å²) in [5, 5.41) is 2.87. The lowest BCUT2D eigenvalue weighted by atomic mass is 10.2. The molecule has 0 spiro atoms. The highest BCUT2D eigenvalue weighted by atomic mass is 32.1. The molecule has 100 valence electrons. The minimum atomic E-state index is -0.0625. The van der Waals surface area contributed by atoms with Crippen LogP contribution >= 0.6 is 11.3 Å². The molecule has 1 heterocycles. The Bertz CT molecular complexity index is 593. The lowest BCUT2D eigenvalue weighted by molar-refractivity contribution is 0.0955. The van der Waals surface area contributed by atoms with Gasteiger partial charge in [-0.15, -0.1) is 11.3 Å². The molecule has 1 aromatic heterocycles. The number of nitrogens with one attached hydrogen (secondary N) is 1. The van der Waals surface area contributed by atoms with E-state index < -0.39 is 0 Å². The molecule has 0 bridgehead atoms. The third-order valence-electron chi connectivity index (χ3n) is 2.71. The van der Waals surface area contributed by atoms with Gasteiger partial charge in [0.25, 0.3) is 5.91 Å². The van der Waals surface area contributed by atoms with E-state index in [4.69, 9.17) is 10.5 Å². The first kappa shape index (κ1) is 13.4. The Morgan fingerprint density at radius 2 is 2.16 bits per heavy atom. The van der Waals surface area contributed by atoms with Gasteiger partial charge in [-0.25, -0.2) is 0 Å². The van der Waals surface area contributed by atoms with Gasteiger partial charge in [-0.1, -0.05) is 6.07 Å². The molecule has 1 aromatic carbocycles. The van der Waals surface area contributed by atoms with Crippen molar-refractivity contribution < 1.29 is 9.53 Å². The monoisotopic (exact) mass is 276 g/mol. The second kappa shape index (κ2) is 5.75. The van der Waals surface area contributed by atoms with Gasteiger partial charge < -0.3 is 15.8 Å². The lowest BCUT2D eigenvalue weighted by Gasteiger charge is -2.08. The minimum absolute atomic E-state index is 0.0625. The fraction of sp³-hybridized carbons (Fsp3) is 0.214. The smallest absolute Gasteiger partial charge is 0.261 e. The van der Waals surface area contributed by atoms with Crippen LogP contribution in [0.25, 0.3) is 0 Å². The van der Waals surface area contributed by atoms with E-state index in [0.29, 0.717) is 18.0 Å². The van der Waals surface area contributed by atoms with Crippen LogP contribution in [-0.4, -0.2) is 13.0 Å². The van der Waals surface area contributed by atoms with Crippen LogP contribution in [-0.2, 0) is 6.54 Å². The van der Waals surface area contributed by atoms with E-state index in [-0.39, 0.29) is 5.91 Å². The van der Waals surface area contributed by atoms with E-state index in [1.807, 2.05) is 25.1 Å². The lowest BCUT2D eigenvalue weighted by Crippen LogP contribution is -2.21. The number of anilines is 1. The van der Waals surface area contributed by atoms with Gasteiger partial charge >= 0.3 is 0 Å². The zero-order chi connectivity index (χ0) is 13.8. The maximum atomic E-state index is 11.9. The summed E-state index contributed by atoms with van der Waals surface area (Å²) in [7, 11) is 1.58. The number of hydrogen-bond donors (Lipinski definition) is 2. The summed E-state index contributed by atoms with van der Waals surface area (Å²) < 4.78 is 5.09. The van der Waals surface area contributed by atoms with E-state index >= 15 is 0 Å². The van der Waals surface area contributed by atoms with Crippen LogP contribution in [0.2, 0.25) is 0 Å². The molecule has 5 heteroatoms. The molecule has 0 atom stereocenters. The molecular formula is C14H16N2O2S. The van der Waals surface area contributed by atoms with E-state index in [0.717, 1.165) is 15.3 Å². The first-order chi connectivity index (χ1) is 9.10. The molecule has 0 aliphatic heterocycles. The molecule has 0 aliphatic carbocycles. The molecule has 19 heavy (non-hydrogen) atoms. The van der Waals surface area contributed by atoms with Gasteiger partial charge in [0.05, 0.1) is 17.7 Å². The highest BCUT2D eigenvalue weighted by Gasteiger charge is 2.08. The molecule has 0 fully saturated rings. The number of nitrogen functional groups attached to an aromatic ring is 1. The average Bonchev–Trinajstić information content (AvgIpc) is 2.83. The summed E-state index contributed by atoms with van der Waals surface area (Å²) in [6.45, 7) is 2.43. The quantitative estimate of drug-likeness (QED) is 0.844. The number of ether oxygens (including phenoxy) is 1. The Morgan fingerprint density at radius 3 is 2.74 bits per heavy atom. The summed E-state index contributed by atoms with van der Waals surface area (Å²) in [6.07, 6.45) is 0. The molecule has 2 rings (SSSR count). The van der Waals surface area contributed by atoms with Gasteiger partial charge in [-0.2, -0.15) is 0 Å². The number of amides is 1. The standard InChI is InChI=1S/C14H16N2O2S/c1-9-3-6-13(19-9)14(17)16-8-10-4-5-12(18-2)11(15)7-10/h3-7H,8,15H2,1-2H3,(H,16,17). The maximum absolute atomic E-state index is 11.9. The average molecular weight is 276 g/mol. The van der Waals surface area contributed by atoms with Gasteiger partial charge in [0, 0.05) is 11.4 Å². The summed E-state index contributed by atoms with van der Waals surface area (Å²) in [5.41, 5.74) is 7.33. The van der Waals surface area contributed by atoms with Crippen LogP contribution in [0.1, 0.15) is 20.1 Å². The summed E-state index contributed by atoms with van der Waals surface area (Å²) in [4.78, 5) is 13.7. The van der Waals surface area contributed by atoms with E-state index in [9.17, 15) is 4.79 Å². The number of aryl methyl sites for hydroxylation is 1. The van der Waals surface area contributed by atoms with E-state index in [1.54, 1.807) is 19.2 Å². The van der Waals surface area contributed by atoms with Gasteiger partial charge in [0.2, 0.25) is 0 Å². The van der Waals surface area contributed by atoms with Crippen molar-refractivity contribution in [2.24, 2.45) is 0 Å². The molecule has 1 amide bonds. The first-order valence-corrected chi connectivity index (χ1v) is 6.69. The Morgan fingerprint density at radius 1 is 1.37 bits per heavy atom. The van der Waals surface area contributed by atoms with Crippen LogP contribution in [0, 0.1) is 6.92 Å². The van der Waals surface area contributed by atoms with Crippen LogP contribution in [0.15, 0.2) is 30.3 Å². The highest BCUT2D eigenvalue weighted by molar-refractivity contribution is 7.13. The fourth-order valence-electron chi connectivity index (χ4n) is 1.72. The van der Waals surface area contributed by atoms with Gasteiger partial charge in [-0.05, 0) is 36.8 Å². The molecule has 2 aromatic rings. The topological polar surface area (TPSA) is 64.3 Å². The van der Waals surface area contributed by atoms with Gasteiger partial charge in [0.1, 0.15) is 5.75 Å². The number of benzene rings is 1. The third-order valence-corrected chi connectivity index (χ3v) is 3.71. The number of hydrogen-bond acceptors (Lipinski definition) is 4. The summed E-state index contributed by atoms with van der Waals surface area (Å²) in [5.74, 6) is 0.580. The summed E-state index contributed by atoms with van der Waals surface area (Å²) >= 11 is 1.48. The Balaban J connectivity index is 1.99. The molecule has 0 saturated heterocycles. The second-order valence-corrected chi connectivity index (χ2v) is 5.46. The van der Waals surface area contributed by atoms with Crippen molar-refractivity contribution >= 4 is 22.9 Å². The molecular weight excluding hydrogens is 260 g/mol. The Hall–Kier alpha value is -2.01. The van der Waals surface area contributed by atoms with Crippen LogP contribution in [0.5, 0.6) is 5.75 Å². The third kappa shape index (κ3) is 3.26. The second-order valence-electron chi connectivity index (χ2n) is 4.17. The van der Waals surface area contributed by atoms with E-state index in [1.165, 1.54) is 11.3 Å². The van der Waals surface area contributed by atoms with E-state index in [2.05, 4.69) is 5.32 Å². The molecule has 0 unspecified atom stereocenters. The van der Waals surface area contributed by atoms with Crippen molar-refractivity contribution in [3.05, 3.63) is 45.6 Å². The van der Waals surface area contributed by atoms with Gasteiger partial charge in [0.15, 0.2) is 0 Å². The summed E-state index contributed by atoms with van der Waals surface area (Å²) in [6, 6.07) is 9.25. The zero-order valence-electron chi connectivity index (χ0n) is 10.9. The number of methoxy groups -OCH3 is 1. The molecule has 3 N–H and O–H groups in total. The number of rotatable bonds is 4. The van der Waals surface area contributed by atoms with Crippen LogP contribution in [0.3, 0.4) is 0 Å². The minimum Gasteiger partial charge on any atom is -0.495 e. The number of thiophene rings is 1. The number of nitrogens with two attached hydrogens (primary N) is 1. The number of carbonyl (C=O) groups is 1. The molecule has 0 saturated carbocycles. The van der Waals surface area contributed by atoms with Crippen LogP contribution in [0.4, 0.5) is 5.69 Å². The molecule has 0 aliphatic rings. The number of carbonyl (C=O) groups excluding carboxylic acids is 1. The first-order valence-electron chi connectivity index (χ1n) is 5.87. The van der Waals surface area contributed by atoms with Crippen molar-refractivity contribution in [3.63, 3.8) is 0 Å². The zero-order valence-corrected chi connectivity index (χ0v) is 11.7. The Labute approximate surface area is 116 Å². The Kier molecular flexibility index (Phi) is 4.06. The fourth-order valence-corrected chi connectivity index (χ4v) is 2.50. The van der Waals surface area contributed by atoms with Crippen molar-refractivity contribution in [2.45, 2.75) is 13.5 Å². The maximum Gasteiger partial charge on any atom is 0.261 e. The van der Waals surface area contributed by atoms with Gasteiger partial charge in [-0.3, -0.25) is 4.79 Å². The molecule has 0 radical (unpaired) electrons. The molecule has 4 nitrogen and oxygen atoms in total. The highest BCUT2D eigenvalue weighted by Crippen LogP contribution is 2.22. The predicted molar refractivity (Wildman–Crippen MR) is 77.6 cm³/mol.